The van der Waals surface area contributed by atoms with Crippen LogP contribution in [0.3, 0.4) is 0 Å². The molecule has 14 N–H and O–H groups in total. The van der Waals surface area contributed by atoms with Crippen molar-refractivity contribution in [2.24, 2.45) is 23.2 Å². The van der Waals surface area contributed by atoms with E-state index in [2.05, 4.69) is 21.3 Å². The van der Waals surface area contributed by atoms with Crippen LogP contribution >= 0.6 is 0 Å². The predicted molar refractivity (Wildman–Crippen MR) is 457 cm³/mol. The molecule has 0 saturated carbocycles. The molecule has 38 heteroatoms. The first-order chi connectivity index (χ1) is 60.7. The van der Waals surface area contributed by atoms with Crippen LogP contribution in [-0.4, -0.2) is 333 Å². The summed E-state index contributed by atoms with van der Waals surface area (Å²) in [4.78, 5) is 131. The molecule has 5 amide bonds. The molecule has 0 aromatic heterocycles. The van der Waals surface area contributed by atoms with Gasteiger partial charge >= 0.3 is 18.0 Å². The number of alkyl carbamates (subject to hydrolysis) is 1. The molecule has 17 atom stereocenters. The summed E-state index contributed by atoms with van der Waals surface area (Å²) in [5.41, 5.74) is -0.773. The summed E-state index contributed by atoms with van der Waals surface area (Å²) in [7, 11) is 1.58. The maximum atomic E-state index is 14.2. The minimum absolute atomic E-state index is 0. The average Bonchev–Trinajstić information content (AvgIpc) is 1.63. The Kier molecular flexibility index (Phi) is 64.4. The second-order valence-electron chi connectivity index (χ2n) is 34.2. The number of ketones is 3. The van der Waals surface area contributed by atoms with Gasteiger partial charge in [-0.1, -0.05) is 78.6 Å². The Morgan fingerprint density at radius 1 is 0.370 bits per heavy atom. The van der Waals surface area contributed by atoms with Crippen molar-refractivity contribution in [3.05, 3.63) is 0 Å². The van der Waals surface area contributed by atoms with Crippen LogP contribution in [0.5, 0.6) is 0 Å². The van der Waals surface area contributed by atoms with Crippen LogP contribution in [0, 0.1) is 23.2 Å². The third-order valence-corrected chi connectivity index (χ3v) is 23.8. The van der Waals surface area contributed by atoms with Gasteiger partial charge in [-0.2, -0.15) is 0 Å². The first-order valence-corrected chi connectivity index (χ1v) is 46.6. The van der Waals surface area contributed by atoms with Crippen LogP contribution < -0.4 is 21.3 Å². The maximum Gasteiger partial charge on any atom is 0.407 e. The number of nitrogens with one attached hydrogen (secondary N) is 4. The van der Waals surface area contributed by atoms with Gasteiger partial charge in [-0.15, -0.1) is 0 Å². The van der Waals surface area contributed by atoms with Gasteiger partial charge < -0.3 is 134 Å². The minimum Gasteiger partial charge on any atom is -0.466 e. The Bertz CT molecular complexity index is 2800. The number of ether oxygens (including phenoxy) is 12. The summed E-state index contributed by atoms with van der Waals surface area (Å²) >= 11 is 0. The molecule has 37 nitrogen and oxygen atoms in total. The van der Waals surface area contributed by atoms with Crippen LogP contribution in [-0.2, 0) is 133 Å². The van der Waals surface area contributed by atoms with Gasteiger partial charge in [-0.05, 0) is 121 Å². The summed E-state index contributed by atoms with van der Waals surface area (Å²) in [5, 5.41) is 111. The van der Waals surface area contributed by atoms with Crippen LogP contribution in [0.25, 0.3) is 0 Å². The Hall–Kier alpha value is -4.56. The number of hydrogen-bond donors (Lipinski definition) is 14. The number of methoxy groups -OCH3 is 1. The zero-order valence-corrected chi connectivity index (χ0v) is 78.9. The van der Waals surface area contributed by atoms with Crippen LogP contribution in [0.1, 0.15) is 265 Å². The van der Waals surface area contributed by atoms with Crippen LogP contribution in [0.15, 0.2) is 0 Å². The molecule has 4 aliphatic rings. The number of aliphatic hydroxyl groups excluding tert-OH is 10. The second kappa shape index (κ2) is 70.2. The second-order valence-corrected chi connectivity index (χ2v) is 34.2. The van der Waals surface area contributed by atoms with Crippen LogP contribution in [0.4, 0.5) is 4.79 Å². The largest absolute Gasteiger partial charge is 0.466 e. The number of carbonyl (C=O) groups excluding carboxylic acids is 10. The summed E-state index contributed by atoms with van der Waals surface area (Å²) in [6.45, 7) is 6.32. The van der Waals surface area contributed by atoms with E-state index in [-0.39, 0.29) is 235 Å². The molecule has 4 saturated heterocycles. The fourth-order valence-electron chi connectivity index (χ4n) is 15.9. The van der Waals surface area contributed by atoms with E-state index in [0.29, 0.717) is 142 Å². The van der Waals surface area contributed by atoms with Crippen molar-refractivity contribution in [1.82, 2.24) is 26.2 Å². The van der Waals surface area contributed by atoms with Gasteiger partial charge in [0.05, 0.1) is 116 Å². The van der Waals surface area contributed by atoms with E-state index in [4.69, 9.17) is 56.8 Å². The van der Waals surface area contributed by atoms with E-state index < -0.39 is 123 Å². The molecule has 0 bridgehead atoms. The van der Waals surface area contributed by atoms with E-state index in [9.17, 15) is 99.0 Å². The number of hydrogen-bond acceptors (Lipinski definition) is 32. The number of carbonyl (C=O) groups is 10. The molecule has 0 aliphatic carbocycles. The predicted octanol–water partition coefficient (Wildman–Crippen LogP) is 4.19. The van der Waals surface area contributed by atoms with Crippen molar-refractivity contribution in [3.8, 4) is 0 Å². The van der Waals surface area contributed by atoms with E-state index in [1.54, 1.807) is 32.8 Å². The third kappa shape index (κ3) is 49.3. The first-order valence-electron chi connectivity index (χ1n) is 46.6. The molecule has 15 unspecified atom stereocenters. The molecule has 4 rings (SSSR count). The smallest absolute Gasteiger partial charge is 0.407 e. The van der Waals surface area contributed by atoms with E-state index in [0.717, 1.165) is 70.6 Å². The quantitative estimate of drug-likeness (QED) is 0.0231. The number of esters is 2. The minimum atomic E-state index is -1.23. The fraction of sp³-hybridized carbons (Fsp3) is 0.888. The van der Waals surface area contributed by atoms with Crippen molar-refractivity contribution in [1.29, 1.82) is 0 Å². The fourth-order valence-corrected chi connectivity index (χ4v) is 15.9. The van der Waals surface area contributed by atoms with Gasteiger partial charge in [-0.25, -0.2) is 4.79 Å². The van der Waals surface area contributed by atoms with Crippen molar-refractivity contribution < 1.29 is 189 Å². The summed E-state index contributed by atoms with van der Waals surface area (Å²) in [6, 6.07) is -0.273. The Balaban J connectivity index is 0.0000416. The Labute approximate surface area is 775 Å². The molecule has 0 spiro atoms. The standard InChI is InChI=1S/C89H157N5O32.Y/c1-62-79(108)82(111)70(58-96)124-85(62)120-45-22-30-66(99)28-14-8-5-13-21-43-93-88(114)123-50-27-40-89(38-25-48-118-77(106)34-15-9-6-11-19-41-90-73(102)31-23-46-121-86-63(2)80(109)83(112)71(59-97)125-86,39-26-49-119-78(107)35-16-10-7-12-20-42-91-74(103)32-24-47-122-87-64(3)81(110)84(113)72(60-98)126-87)55-67(100)36-37-75(104)92-44-51-116-52-53-117-61-68(101)29-17-18-33-76(105)94-56-69(115-4)54-65(94)57-95;/h62-65,69-72,79-87,95-98,108-113H,5-61H2,1-4H3,(H,90,102)(H,91,103)(H,92,104)(H,93,114);/t62?,63?,64?,65-,69+,70?,71?,72?,79?,80?,81?,82?,83?,84?,85?,86?,87?,89?;/m1./s1. The molecule has 0 aromatic carbocycles. The van der Waals surface area contributed by atoms with E-state index in [1.165, 1.54) is 0 Å². The maximum absolute atomic E-state index is 14.2. The van der Waals surface area contributed by atoms with Gasteiger partial charge in [0.15, 0.2) is 24.7 Å². The zero-order chi connectivity index (χ0) is 92.3. The number of likely N-dealkylation sites (tertiary alicyclic amines) is 1. The van der Waals surface area contributed by atoms with Gasteiger partial charge in [0.2, 0.25) is 23.6 Å². The summed E-state index contributed by atoms with van der Waals surface area (Å²) in [6.07, 6.45) is 4.98. The SMILES string of the molecule is CO[C@H]1C[C@H](CO)N(C(=O)CCCCC(=O)COCCOCCNC(=O)CCC(=O)CC(CCCOC(=O)CCCCCCCNC(=O)CCCOC2OC(CO)C(O)C(O)C2C)(CCCOC(=O)CCCCCCCNC(=O)CCCOC2OC(CO)C(O)C(O)C2C)CCCOC(=O)NCCCCCCCC(=O)CCCOC2OC(CO)C(O)C(O)C2C)C1.[Y]. The number of unbranched alkanes of at least 4 members (excludes halogenated alkanes) is 13. The normalized spacial score (nSPS) is 24.6. The van der Waals surface area contributed by atoms with Gasteiger partial charge in [-0.3, -0.25) is 43.2 Å². The number of amides is 5. The van der Waals surface area contributed by atoms with Gasteiger partial charge in [0.25, 0.3) is 0 Å². The molecule has 127 heavy (non-hydrogen) atoms. The molecule has 733 valence electrons. The van der Waals surface area contributed by atoms with E-state index in [1.807, 2.05) is 0 Å². The topological polar surface area (TPSA) is 535 Å². The Morgan fingerprint density at radius 2 is 0.756 bits per heavy atom. The molecule has 1 radical (unpaired) electrons. The Morgan fingerprint density at radius 3 is 1.22 bits per heavy atom. The summed E-state index contributed by atoms with van der Waals surface area (Å²) < 4.78 is 67.5. The zero-order valence-electron chi connectivity index (χ0n) is 76.1. The first kappa shape index (κ1) is 117. The van der Waals surface area contributed by atoms with Crippen LogP contribution in [0.2, 0.25) is 0 Å². The van der Waals surface area contributed by atoms with E-state index >= 15 is 0 Å². The van der Waals surface area contributed by atoms with Gasteiger partial charge in [0.1, 0.15) is 54.8 Å². The molecule has 4 aliphatic heterocycles. The van der Waals surface area contributed by atoms with Crippen molar-refractivity contribution >= 4 is 59.0 Å². The van der Waals surface area contributed by atoms with Crippen molar-refractivity contribution in [2.45, 2.75) is 351 Å². The molecular weight excluding hydrogens is 1740 g/mol. The molecular formula is C89H157N5O32Y. The molecule has 4 heterocycles. The molecule has 4 fully saturated rings. The number of rotatable bonds is 74. The number of aliphatic hydroxyl groups is 10. The summed E-state index contributed by atoms with van der Waals surface area (Å²) in [5.74, 6) is -3.32. The number of Topliss-reactive ketones (excluding diaryl/α,β-unsaturated/α-hetero) is 3. The number of nitrogens with zero attached hydrogens (tertiary/aromatic N) is 1. The van der Waals surface area contributed by atoms with Crippen molar-refractivity contribution in [2.75, 3.05) is 132 Å². The third-order valence-electron chi connectivity index (χ3n) is 23.8. The monoisotopic (exact) mass is 1900 g/mol. The average molecular weight is 1900 g/mol. The van der Waals surface area contributed by atoms with Crippen molar-refractivity contribution in [3.63, 3.8) is 0 Å². The van der Waals surface area contributed by atoms with Gasteiger partial charge in [0, 0.05) is 161 Å². The molecule has 0 aromatic rings.